The van der Waals surface area contributed by atoms with Gasteiger partial charge in [0.2, 0.25) is 0 Å². The van der Waals surface area contributed by atoms with Crippen molar-refractivity contribution < 1.29 is 27.2 Å². The van der Waals surface area contributed by atoms with Crippen molar-refractivity contribution >= 4 is 11.6 Å². The molecule has 6 heteroatoms. The summed E-state index contributed by atoms with van der Waals surface area (Å²) >= 11 is 0. The number of benzene rings is 2. The molecule has 2 nitrogen and oxygen atoms in total. The Morgan fingerprint density at radius 2 is 1.23 bits per heavy atom. The first-order valence-electron chi connectivity index (χ1n) is 6.35. The van der Waals surface area contributed by atoms with E-state index in [4.69, 9.17) is 0 Å². The highest BCUT2D eigenvalue weighted by molar-refractivity contribution is 6.02. The van der Waals surface area contributed by atoms with Gasteiger partial charge < -0.3 is 0 Å². The van der Waals surface area contributed by atoms with Gasteiger partial charge in [0, 0.05) is 30.5 Å². The lowest BCUT2D eigenvalue weighted by Gasteiger charge is -2.05. The average molecular weight is 310 g/mol. The molecule has 0 aliphatic carbocycles. The molecule has 0 atom stereocenters. The predicted molar refractivity (Wildman–Crippen MR) is 70.6 cm³/mol. The van der Waals surface area contributed by atoms with Crippen LogP contribution in [0.15, 0.2) is 36.4 Å². The van der Waals surface area contributed by atoms with Crippen molar-refractivity contribution in [3.63, 3.8) is 0 Å². The lowest BCUT2D eigenvalue weighted by atomic mass is 10.0. The molecule has 0 N–H and O–H groups in total. The molecule has 0 aromatic heterocycles. The fraction of sp³-hybridized carbons (Fsp3) is 0.125. The van der Waals surface area contributed by atoms with E-state index in [0.29, 0.717) is 12.1 Å². The standard InChI is InChI=1S/C16H10F4O2/c17-10-3-1-9(2-4-10)14(21)5-6-15(22)16-12(19)7-11(18)8-13(16)20/h1-4,7-8H,5-6H2. The first-order chi connectivity index (χ1) is 10.4. The number of Topliss-reactive ketones (excluding diaryl/α,β-unsaturated/α-hetero) is 2. The second-order valence-corrected chi connectivity index (χ2v) is 4.60. The van der Waals surface area contributed by atoms with Gasteiger partial charge in [0.25, 0.3) is 0 Å². The van der Waals surface area contributed by atoms with E-state index in [1.54, 1.807) is 0 Å². The molecule has 0 aliphatic rings. The van der Waals surface area contributed by atoms with Crippen LogP contribution in [-0.2, 0) is 0 Å². The van der Waals surface area contributed by atoms with E-state index >= 15 is 0 Å². The molecule has 0 bridgehead atoms. The van der Waals surface area contributed by atoms with Gasteiger partial charge in [0.05, 0.1) is 5.56 Å². The third-order valence-electron chi connectivity index (χ3n) is 3.03. The van der Waals surface area contributed by atoms with Gasteiger partial charge in [-0.1, -0.05) is 0 Å². The molecule has 0 saturated carbocycles. The van der Waals surface area contributed by atoms with Gasteiger partial charge >= 0.3 is 0 Å². The van der Waals surface area contributed by atoms with Gasteiger partial charge in [-0.25, -0.2) is 17.6 Å². The first kappa shape index (κ1) is 15.9. The lowest BCUT2D eigenvalue weighted by Crippen LogP contribution is -2.09. The van der Waals surface area contributed by atoms with Crippen molar-refractivity contribution in [3.8, 4) is 0 Å². The number of carbonyl (C=O) groups is 2. The molecule has 0 heterocycles. The van der Waals surface area contributed by atoms with E-state index in [1.165, 1.54) is 12.1 Å². The maximum Gasteiger partial charge on any atom is 0.169 e. The van der Waals surface area contributed by atoms with Gasteiger partial charge in [-0.05, 0) is 24.3 Å². The topological polar surface area (TPSA) is 34.1 Å². The third kappa shape index (κ3) is 3.58. The van der Waals surface area contributed by atoms with Crippen molar-refractivity contribution in [3.05, 3.63) is 70.8 Å². The number of rotatable bonds is 5. The first-order valence-corrected chi connectivity index (χ1v) is 6.35. The SMILES string of the molecule is O=C(CCC(=O)c1c(F)cc(F)cc1F)c1ccc(F)cc1. The van der Waals surface area contributed by atoms with Crippen molar-refractivity contribution in [2.24, 2.45) is 0 Å². The van der Waals surface area contributed by atoms with E-state index in [0.717, 1.165) is 12.1 Å². The number of halogens is 4. The maximum atomic E-state index is 13.4. The molecule has 0 saturated heterocycles. The van der Waals surface area contributed by atoms with Crippen LogP contribution in [0.4, 0.5) is 17.6 Å². The fourth-order valence-corrected chi connectivity index (χ4v) is 1.94. The Labute approximate surface area is 123 Å². The second kappa shape index (κ2) is 6.51. The van der Waals surface area contributed by atoms with Crippen LogP contribution in [0.2, 0.25) is 0 Å². The Balaban J connectivity index is 2.07. The van der Waals surface area contributed by atoms with Crippen molar-refractivity contribution in [1.29, 1.82) is 0 Å². The summed E-state index contributed by atoms with van der Waals surface area (Å²) in [6.07, 6.45) is -0.726. The number of carbonyl (C=O) groups excluding carboxylic acids is 2. The maximum absolute atomic E-state index is 13.4. The van der Waals surface area contributed by atoms with Gasteiger partial charge in [-0.2, -0.15) is 0 Å². The molecule has 0 aliphatic heterocycles. The summed E-state index contributed by atoms with van der Waals surface area (Å²) in [7, 11) is 0. The van der Waals surface area contributed by atoms with Gasteiger partial charge in [0.15, 0.2) is 11.6 Å². The quantitative estimate of drug-likeness (QED) is 0.616. The molecule has 2 aromatic rings. The van der Waals surface area contributed by atoms with Crippen LogP contribution in [0, 0.1) is 23.3 Å². The van der Waals surface area contributed by atoms with Crippen LogP contribution in [0.5, 0.6) is 0 Å². The molecular weight excluding hydrogens is 300 g/mol. The molecule has 2 aromatic carbocycles. The van der Waals surface area contributed by atoms with E-state index in [2.05, 4.69) is 0 Å². The van der Waals surface area contributed by atoms with Crippen LogP contribution in [-0.4, -0.2) is 11.6 Å². The van der Waals surface area contributed by atoms with E-state index in [1.807, 2.05) is 0 Å². The van der Waals surface area contributed by atoms with Crippen molar-refractivity contribution in [1.82, 2.24) is 0 Å². The smallest absolute Gasteiger partial charge is 0.169 e. The highest BCUT2D eigenvalue weighted by atomic mass is 19.1. The van der Waals surface area contributed by atoms with Crippen LogP contribution in [0.1, 0.15) is 33.6 Å². The monoisotopic (exact) mass is 310 g/mol. The Kier molecular flexibility index (Phi) is 4.70. The highest BCUT2D eigenvalue weighted by Gasteiger charge is 2.20. The van der Waals surface area contributed by atoms with Gasteiger partial charge in [-0.3, -0.25) is 9.59 Å². The lowest BCUT2D eigenvalue weighted by molar-refractivity contribution is 0.0912. The summed E-state index contributed by atoms with van der Waals surface area (Å²) in [6, 6.07) is 5.49. The van der Waals surface area contributed by atoms with Crippen LogP contribution < -0.4 is 0 Å². The van der Waals surface area contributed by atoms with Gasteiger partial charge in [0.1, 0.15) is 23.3 Å². The molecular formula is C16H10F4O2. The van der Waals surface area contributed by atoms with E-state index < -0.39 is 46.8 Å². The van der Waals surface area contributed by atoms with E-state index in [-0.39, 0.29) is 12.0 Å². The molecule has 0 spiro atoms. The second-order valence-electron chi connectivity index (χ2n) is 4.60. The molecule has 0 amide bonds. The predicted octanol–water partition coefficient (Wildman–Crippen LogP) is 4.09. The summed E-state index contributed by atoms with van der Waals surface area (Å²) < 4.78 is 52.3. The average Bonchev–Trinajstić information content (AvgIpc) is 2.44. The van der Waals surface area contributed by atoms with E-state index in [9.17, 15) is 27.2 Å². The Bertz CT molecular complexity index is 700. The molecule has 0 fully saturated rings. The minimum Gasteiger partial charge on any atom is -0.294 e. The minimum atomic E-state index is -1.31. The summed E-state index contributed by atoms with van der Waals surface area (Å²) in [5.74, 6) is -5.66. The van der Waals surface area contributed by atoms with Crippen molar-refractivity contribution in [2.75, 3.05) is 0 Å². The number of ketones is 2. The summed E-state index contributed by atoms with van der Waals surface area (Å²) in [5.41, 5.74) is -0.678. The molecule has 22 heavy (non-hydrogen) atoms. The summed E-state index contributed by atoms with van der Waals surface area (Å²) in [5, 5.41) is 0. The number of hydrogen-bond acceptors (Lipinski definition) is 2. The molecule has 114 valence electrons. The fourth-order valence-electron chi connectivity index (χ4n) is 1.94. The zero-order valence-electron chi connectivity index (χ0n) is 11.2. The molecule has 0 unspecified atom stereocenters. The van der Waals surface area contributed by atoms with Crippen LogP contribution in [0.3, 0.4) is 0 Å². The highest BCUT2D eigenvalue weighted by Crippen LogP contribution is 2.18. The Morgan fingerprint density at radius 3 is 1.77 bits per heavy atom. The minimum absolute atomic E-state index is 0.189. The number of hydrogen-bond donors (Lipinski definition) is 0. The Morgan fingerprint density at radius 1 is 0.727 bits per heavy atom. The summed E-state index contributed by atoms with van der Waals surface area (Å²) in [6.45, 7) is 0. The zero-order chi connectivity index (χ0) is 16.3. The van der Waals surface area contributed by atoms with Gasteiger partial charge in [-0.15, -0.1) is 0 Å². The van der Waals surface area contributed by atoms with Crippen molar-refractivity contribution in [2.45, 2.75) is 12.8 Å². The summed E-state index contributed by atoms with van der Waals surface area (Å²) in [4.78, 5) is 23.6. The molecule has 2 rings (SSSR count). The normalized spacial score (nSPS) is 10.5. The van der Waals surface area contributed by atoms with Crippen LogP contribution >= 0.6 is 0 Å². The zero-order valence-corrected chi connectivity index (χ0v) is 11.2. The Hall–Kier alpha value is -2.50. The third-order valence-corrected chi connectivity index (χ3v) is 3.03. The molecule has 0 radical (unpaired) electrons. The van der Waals surface area contributed by atoms with Crippen LogP contribution in [0.25, 0.3) is 0 Å². The largest absolute Gasteiger partial charge is 0.294 e.